The molecule has 14 aromatic carbocycles. The van der Waals surface area contributed by atoms with Gasteiger partial charge in [0.2, 0.25) is 0 Å². The molecule has 0 saturated heterocycles. The van der Waals surface area contributed by atoms with Gasteiger partial charge in [-0.25, -0.2) is 28.6 Å². The average molecular weight is 1680 g/mol. The molecule has 0 bridgehead atoms. The van der Waals surface area contributed by atoms with Crippen LogP contribution in [0, 0.1) is 0 Å². The number of ether oxygens (including phenoxy) is 4. The predicted molar refractivity (Wildman–Crippen MR) is 454 cm³/mol. The summed E-state index contributed by atoms with van der Waals surface area (Å²) in [5.41, 5.74) is 4.23. The van der Waals surface area contributed by atoms with Gasteiger partial charge in [0.05, 0.1) is 50.1 Å². The number of benzene rings is 14. The molecule has 6 atom stereocenters. The normalized spacial score (nSPS) is 16.0. The van der Waals surface area contributed by atoms with Gasteiger partial charge < -0.3 is 51.1 Å². The second-order valence-electron chi connectivity index (χ2n) is 27.9. The van der Waals surface area contributed by atoms with Gasteiger partial charge in [-0.2, -0.15) is 4.89 Å². The van der Waals surface area contributed by atoms with E-state index in [2.05, 4.69) is 0 Å². The number of fused-ring (bicyclic) bond motifs is 6. The lowest BCUT2D eigenvalue weighted by Crippen LogP contribution is -2.28. The first-order chi connectivity index (χ1) is 57.5. The van der Waals surface area contributed by atoms with Gasteiger partial charge in [0.15, 0.2) is 5.75 Å². The molecule has 21 nitrogen and oxygen atoms in total. The van der Waals surface area contributed by atoms with Gasteiger partial charge in [0, 0.05) is 44.5 Å². The van der Waals surface area contributed by atoms with Crippen LogP contribution in [0.4, 0.5) is 0 Å². The van der Waals surface area contributed by atoms with Crippen molar-refractivity contribution < 1.29 is 99.0 Å². The Morgan fingerprint density at radius 1 is 0.345 bits per heavy atom. The average Bonchev–Trinajstić information content (AvgIpc) is 0.732. The zero-order valence-electron chi connectivity index (χ0n) is 63.5. The van der Waals surface area contributed by atoms with Crippen LogP contribution < -0.4 is 84.4 Å². The summed E-state index contributed by atoms with van der Waals surface area (Å²) >= 11 is 0. The van der Waals surface area contributed by atoms with Crippen molar-refractivity contribution in [2.75, 3.05) is 20.0 Å². The van der Waals surface area contributed by atoms with Crippen molar-refractivity contribution in [3.63, 3.8) is 0 Å². The largest absolute Gasteiger partial charge is 0.436 e. The van der Waals surface area contributed by atoms with Crippen molar-refractivity contribution in [2.24, 2.45) is 0 Å². The number of hydrogen-bond acceptors (Lipinski definition) is 21. The molecule has 2 aliphatic rings. The Morgan fingerprint density at radius 3 is 1.29 bits per heavy atom. The third-order valence-corrected chi connectivity index (χ3v) is 30.9. The van der Waals surface area contributed by atoms with Crippen molar-refractivity contribution in [1.82, 2.24) is 0 Å². The maximum absolute atomic E-state index is 16.2. The predicted octanol–water partition coefficient (Wildman–Crippen LogP) is 18.4. The van der Waals surface area contributed by atoms with Crippen molar-refractivity contribution in [3.8, 4) is 74.0 Å². The Kier molecular flexibility index (Phi) is 22.5. The summed E-state index contributed by atoms with van der Waals surface area (Å²) in [6, 6.07) is 91.2. The second-order valence-corrected chi connectivity index (χ2v) is 40.1. The third-order valence-electron chi connectivity index (χ3n) is 19.8. The summed E-state index contributed by atoms with van der Waals surface area (Å²) in [6.07, 6.45) is -1.32. The van der Waals surface area contributed by atoms with Crippen molar-refractivity contribution in [1.29, 1.82) is 0 Å². The molecule has 0 saturated carbocycles. The highest BCUT2D eigenvalue weighted by molar-refractivity contribution is 7.78. The van der Waals surface area contributed by atoms with E-state index in [-0.39, 0.29) is 101 Å². The standard InChI is InChI=1S/C93H69O21P5/c1-115(99,73-36-18-24-61(52-73)60-104-110-70-33-23-35-72(58-70)112-117(3,101)111-71-34-22-32-68(57-71)105-90(94)62-25-6-4-7-26-62)75-38-20-30-66(54-75)92(96)106-69-49-51-84(88(59-69)119(103)86-47-17-13-43-80(86)78-41-11-15-45-82(78)114-119)108-93(97)67-31-21-39-76(55-67)116(2,100)74-37-19-29-64(53-74)89(109-98)65-48-50-83(107-91(95)63-27-8-5-9-28-63)87(56-65)118(102)85-46-16-12-42-79(85)77-40-10-14-44-81(77)113-118/h4-59,89,98H,60H2,1-3H3. The molecule has 0 spiro atoms. The lowest BCUT2D eigenvalue weighted by Gasteiger charge is -2.30. The first-order valence-corrected chi connectivity index (χ1v) is 46.6. The minimum atomic E-state index is -4.37. The van der Waals surface area contributed by atoms with Gasteiger partial charge >= 0.3 is 46.2 Å². The molecule has 0 aliphatic carbocycles. The van der Waals surface area contributed by atoms with E-state index in [1.807, 2.05) is 36.4 Å². The number of carbonyl (C=O) groups is 4. The summed E-state index contributed by atoms with van der Waals surface area (Å²) in [4.78, 5) is 72.2. The number of para-hydroxylation sites is 2. The highest BCUT2D eigenvalue weighted by atomic mass is 31.2. The van der Waals surface area contributed by atoms with Gasteiger partial charge in [0.1, 0.15) is 73.0 Å². The van der Waals surface area contributed by atoms with E-state index in [4.69, 9.17) is 51.7 Å². The summed E-state index contributed by atoms with van der Waals surface area (Å²) in [5.74, 6) is -2.34. The molecule has 0 amide bonds. The number of carbonyl (C=O) groups excluding carboxylic acids is 4. The second kappa shape index (κ2) is 33.5. The highest BCUT2D eigenvalue weighted by Gasteiger charge is 2.44. The van der Waals surface area contributed by atoms with Crippen LogP contribution in [0.25, 0.3) is 22.3 Å². The fourth-order valence-electron chi connectivity index (χ4n) is 13.9. The SMILES string of the molecule is CP(=O)(Oc1cccc(OOCc2cccc(P(C)(=O)c3cccc(C(=O)Oc4ccc(OC(=O)c5cccc(P(C)(=O)c6cccc(C(OO)c7ccc(OC(=O)c8ccccc8)c(P8(=O)Oc9ccccc9-c9ccccc98)c7)c6)c5)c(P5(=O)Oc6ccccc6-c6ccccc65)c4)c3)c2)c1)Oc1cccc(OC(=O)c2ccccc2)c1. The van der Waals surface area contributed by atoms with Crippen LogP contribution in [-0.2, 0) is 39.2 Å². The zero-order chi connectivity index (χ0) is 82.6. The molecule has 26 heteroatoms. The Labute approximate surface area is 683 Å². The fourth-order valence-corrected chi connectivity index (χ4v) is 23.4. The zero-order valence-corrected chi connectivity index (χ0v) is 67.9. The number of rotatable bonds is 25. The number of hydrogen-bond donors (Lipinski definition) is 1. The Hall–Kier alpha value is -13.0. The molecule has 2 heterocycles. The topological polar surface area (TPSA) is 275 Å². The van der Waals surface area contributed by atoms with Gasteiger partial charge in [0.25, 0.3) is 0 Å². The van der Waals surface area contributed by atoms with E-state index in [9.17, 15) is 29.0 Å². The Morgan fingerprint density at radius 2 is 0.739 bits per heavy atom. The van der Waals surface area contributed by atoms with Gasteiger partial charge in [-0.05, 0) is 181 Å². The van der Waals surface area contributed by atoms with E-state index in [1.165, 1.54) is 86.1 Å². The van der Waals surface area contributed by atoms with Crippen LogP contribution in [-0.4, -0.2) is 49.1 Å². The first-order valence-electron chi connectivity index (χ1n) is 37.1. The molecule has 0 aromatic heterocycles. The van der Waals surface area contributed by atoms with Crippen LogP contribution >= 0.6 is 36.6 Å². The molecule has 14 aromatic rings. The number of esters is 4. The minimum Gasteiger partial charge on any atom is -0.436 e. The van der Waals surface area contributed by atoms with E-state index >= 15 is 18.3 Å². The highest BCUT2D eigenvalue weighted by Crippen LogP contribution is 2.58. The first kappa shape index (κ1) is 79.8. The van der Waals surface area contributed by atoms with Crippen LogP contribution in [0.2, 0.25) is 0 Å². The van der Waals surface area contributed by atoms with E-state index in [0.717, 1.165) is 0 Å². The fraction of sp³-hybridized carbons (Fsp3) is 0.0538. The van der Waals surface area contributed by atoms with Crippen LogP contribution in [0.1, 0.15) is 64.2 Å². The molecule has 0 fully saturated rings. The minimum absolute atomic E-state index is 0.00291. The lowest BCUT2D eigenvalue weighted by atomic mass is 10.0. The molecule has 119 heavy (non-hydrogen) atoms. The molecule has 0 radical (unpaired) electrons. The van der Waals surface area contributed by atoms with Crippen LogP contribution in [0.3, 0.4) is 0 Å². The molecule has 16 rings (SSSR count). The smallest absolute Gasteiger partial charge is 0.427 e. The molecule has 1 N–H and O–H groups in total. The Bertz CT molecular complexity index is 6590. The lowest BCUT2D eigenvalue weighted by molar-refractivity contribution is -0.270. The molecular weight excluding hydrogens is 1610 g/mol. The van der Waals surface area contributed by atoms with E-state index in [1.54, 1.807) is 237 Å². The van der Waals surface area contributed by atoms with E-state index < -0.39 is 66.6 Å². The maximum Gasteiger partial charge on any atom is 0.427 e. The van der Waals surface area contributed by atoms with Crippen molar-refractivity contribution >= 4 is 103 Å². The van der Waals surface area contributed by atoms with Crippen LogP contribution in [0.15, 0.2) is 340 Å². The summed E-state index contributed by atoms with van der Waals surface area (Å²) in [7, 11) is -19.6. The van der Waals surface area contributed by atoms with Crippen LogP contribution in [0.5, 0.6) is 51.7 Å². The maximum atomic E-state index is 16.2. The third kappa shape index (κ3) is 16.9. The van der Waals surface area contributed by atoms with Gasteiger partial charge in [-0.15, -0.1) is 0 Å². The van der Waals surface area contributed by atoms with Crippen molar-refractivity contribution in [2.45, 2.75) is 12.7 Å². The molecule has 2 aliphatic heterocycles. The summed E-state index contributed by atoms with van der Waals surface area (Å²) in [6.45, 7) is 4.24. The molecule has 6 unspecified atom stereocenters. The molecular formula is C93H69O21P5. The van der Waals surface area contributed by atoms with E-state index in [0.29, 0.717) is 60.6 Å². The summed E-state index contributed by atoms with van der Waals surface area (Å²) < 4.78 is 125. The summed E-state index contributed by atoms with van der Waals surface area (Å²) in [5, 5.41) is 12.5. The quantitative estimate of drug-likeness (QED) is 0.0183. The van der Waals surface area contributed by atoms with Crippen molar-refractivity contribution in [3.05, 3.63) is 379 Å². The van der Waals surface area contributed by atoms with Gasteiger partial charge in [-0.1, -0.05) is 188 Å². The monoisotopic (exact) mass is 1680 g/mol. The molecule has 592 valence electrons. The Balaban J connectivity index is 0.623. The van der Waals surface area contributed by atoms with Gasteiger partial charge in [-0.3, -0.25) is 14.4 Å².